The maximum absolute atomic E-state index is 10.8. The van der Waals surface area contributed by atoms with Gasteiger partial charge in [0.2, 0.25) is 0 Å². The van der Waals surface area contributed by atoms with E-state index in [2.05, 4.69) is 43.2 Å². The largest absolute Gasteiger partial charge is 0.356 e. The van der Waals surface area contributed by atoms with Crippen molar-refractivity contribution < 1.29 is 4.92 Å². The minimum atomic E-state index is -0.381. The standard InChI is InChI=1S/C20H33N5O2/c1-15(2)13-21-20(23-18-9-11-24(12-10-18)16(3)4)22-14-17-5-7-19(8-6-17)25(26)27/h5-8,15-16,18H,9-14H2,1-4H3,(H2,21,22,23). The van der Waals surface area contributed by atoms with Crippen molar-refractivity contribution >= 4 is 11.6 Å². The fourth-order valence-electron chi connectivity index (χ4n) is 3.10. The number of guanidine groups is 1. The summed E-state index contributed by atoms with van der Waals surface area (Å²) in [5.74, 6) is 1.35. The third kappa shape index (κ3) is 7.17. The summed E-state index contributed by atoms with van der Waals surface area (Å²) in [5.41, 5.74) is 1.07. The molecule has 0 spiro atoms. The molecular formula is C20H33N5O2. The number of aliphatic imine (C=N–C) groups is 1. The van der Waals surface area contributed by atoms with E-state index in [4.69, 9.17) is 4.99 Å². The predicted molar refractivity (Wildman–Crippen MR) is 110 cm³/mol. The average molecular weight is 376 g/mol. The van der Waals surface area contributed by atoms with Crippen LogP contribution in [0.25, 0.3) is 0 Å². The van der Waals surface area contributed by atoms with Crippen LogP contribution in [0.4, 0.5) is 5.69 Å². The number of likely N-dealkylation sites (tertiary alicyclic amines) is 1. The Morgan fingerprint density at radius 1 is 1.22 bits per heavy atom. The Hall–Kier alpha value is -2.15. The average Bonchev–Trinajstić information content (AvgIpc) is 2.64. The Bertz CT molecular complexity index is 620. The van der Waals surface area contributed by atoms with Gasteiger partial charge in [-0.05, 0) is 38.2 Å². The van der Waals surface area contributed by atoms with Gasteiger partial charge in [-0.1, -0.05) is 26.0 Å². The number of nitrogens with one attached hydrogen (secondary N) is 2. The molecule has 1 aromatic carbocycles. The lowest BCUT2D eigenvalue weighted by Gasteiger charge is -2.35. The minimum absolute atomic E-state index is 0.107. The first-order valence-corrected chi connectivity index (χ1v) is 9.87. The number of nitro groups is 1. The molecule has 1 aliphatic heterocycles. The number of non-ortho nitro benzene ring substituents is 1. The summed E-state index contributed by atoms with van der Waals surface area (Å²) in [6.07, 6.45) is 2.22. The SMILES string of the molecule is CC(C)CNC(=NCc1ccc([N+](=O)[O-])cc1)NC1CCN(C(C)C)CC1. The van der Waals surface area contributed by atoms with Crippen molar-refractivity contribution in [3.63, 3.8) is 0 Å². The molecule has 2 rings (SSSR count). The van der Waals surface area contributed by atoms with Crippen LogP contribution in [0.2, 0.25) is 0 Å². The lowest BCUT2D eigenvalue weighted by Crippen LogP contribution is -2.50. The van der Waals surface area contributed by atoms with Crippen LogP contribution in [0.1, 0.15) is 46.1 Å². The molecular weight excluding hydrogens is 342 g/mol. The first-order valence-electron chi connectivity index (χ1n) is 9.87. The van der Waals surface area contributed by atoms with E-state index in [0.717, 1.165) is 44.0 Å². The van der Waals surface area contributed by atoms with E-state index >= 15 is 0 Å². The van der Waals surface area contributed by atoms with Gasteiger partial charge in [0.25, 0.3) is 5.69 Å². The summed E-state index contributed by atoms with van der Waals surface area (Å²) in [6.45, 7) is 12.4. The zero-order chi connectivity index (χ0) is 19.8. The second kappa shape index (κ2) is 10.3. The zero-order valence-electron chi connectivity index (χ0n) is 16.9. The second-order valence-electron chi connectivity index (χ2n) is 7.91. The monoisotopic (exact) mass is 375 g/mol. The number of nitro benzene ring substituents is 1. The maximum atomic E-state index is 10.8. The molecule has 0 aromatic heterocycles. The molecule has 0 saturated carbocycles. The number of hydrogen-bond donors (Lipinski definition) is 2. The molecule has 0 radical (unpaired) electrons. The molecule has 0 atom stereocenters. The Kier molecular flexibility index (Phi) is 8.03. The molecule has 27 heavy (non-hydrogen) atoms. The van der Waals surface area contributed by atoms with Crippen molar-refractivity contribution in [2.75, 3.05) is 19.6 Å². The fourth-order valence-corrected chi connectivity index (χ4v) is 3.10. The molecule has 1 saturated heterocycles. The van der Waals surface area contributed by atoms with E-state index in [1.54, 1.807) is 12.1 Å². The van der Waals surface area contributed by atoms with Crippen molar-refractivity contribution in [2.45, 2.75) is 59.2 Å². The van der Waals surface area contributed by atoms with Gasteiger partial charge in [0, 0.05) is 43.9 Å². The van der Waals surface area contributed by atoms with E-state index < -0.39 is 0 Å². The van der Waals surface area contributed by atoms with Crippen LogP contribution in [-0.4, -0.2) is 47.5 Å². The van der Waals surface area contributed by atoms with Gasteiger partial charge in [0.15, 0.2) is 5.96 Å². The van der Waals surface area contributed by atoms with Crippen LogP contribution in [0.5, 0.6) is 0 Å². The van der Waals surface area contributed by atoms with E-state index in [0.29, 0.717) is 24.5 Å². The van der Waals surface area contributed by atoms with Gasteiger partial charge in [0.1, 0.15) is 0 Å². The molecule has 2 N–H and O–H groups in total. The number of benzene rings is 1. The summed E-state index contributed by atoms with van der Waals surface area (Å²) in [4.78, 5) is 17.6. The highest BCUT2D eigenvalue weighted by molar-refractivity contribution is 5.80. The molecule has 0 unspecified atom stereocenters. The van der Waals surface area contributed by atoms with Crippen molar-refractivity contribution in [1.82, 2.24) is 15.5 Å². The number of nitrogens with zero attached hydrogens (tertiary/aromatic N) is 3. The van der Waals surface area contributed by atoms with Crippen molar-refractivity contribution in [3.05, 3.63) is 39.9 Å². The van der Waals surface area contributed by atoms with E-state index in [-0.39, 0.29) is 10.6 Å². The summed E-state index contributed by atoms with van der Waals surface area (Å²) in [5, 5.41) is 17.8. The van der Waals surface area contributed by atoms with Gasteiger partial charge in [-0.15, -0.1) is 0 Å². The van der Waals surface area contributed by atoms with Crippen molar-refractivity contribution in [1.29, 1.82) is 0 Å². The van der Waals surface area contributed by atoms with Crippen LogP contribution in [0, 0.1) is 16.0 Å². The lowest BCUT2D eigenvalue weighted by molar-refractivity contribution is -0.384. The highest BCUT2D eigenvalue weighted by atomic mass is 16.6. The first kappa shape index (κ1) is 21.2. The molecule has 0 amide bonds. The number of rotatable bonds is 7. The van der Waals surface area contributed by atoms with E-state index in [1.807, 2.05) is 0 Å². The molecule has 1 aromatic rings. The van der Waals surface area contributed by atoms with Gasteiger partial charge in [-0.2, -0.15) is 0 Å². The normalized spacial score (nSPS) is 16.7. The topological polar surface area (TPSA) is 82.8 Å². The third-order valence-electron chi connectivity index (χ3n) is 4.85. The third-order valence-corrected chi connectivity index (χ3v) is 4.85. The summed E-state index contributed by atoms with van der Waals surface area (Å²) in [6, 6.07) is 7.61. The zero-order valence-corrected chi connectivity index (χ0v) is 16.9. The van der Waals surface area contributed by atoms with Gasteiger partial charge < -0.3 is 15.5 Å². The number of hydrogen-bond acceptors (Lipinski definition) is 4. The summed E-state index contributed by atoms with van der Waals surface area (Å²) < 4.78 is 0. The van der Waals surface area contributed by atoms with Crippen molar-refractivity contribution in [3.8, 4) is 0 Å². The highest BCUT2D eigenvalue weighted by Crippen LogP contribution is 2.14. The van der Waals surface area contributed by atoms with Gasteiger partial charge in [0.05, 0.1) is 11.5 Å². The molecule has 0 aliphatic carbocycles. The second-order valence-corrected chi connectivity index (χ2v) is 7.91. The Morgan fingerprint density at radius 3 is 2.37 bits per heavy atom. The van der Waals surface area contributed by atoms with Crippen LogP contribution in [0.15, 0.2) is 29.3 Å². The van der Waals surface area contributed by atoms with E-state index in [9.17, 15) is 10.1 Å². The molecule has 1 heterocycles. The summed E-state index contributed by atoms with van der Waals surface area (Å²) in [7, 11) is 0. The highest BCUT2D eigenvalue weighted by Gasteiger charge is 2.21. The Balaban J connectivity index is 1.96. The molecule has 150 valence electrons. The molecule has 1 aliphatic rings. The van der Waals surface area contributed by atoms with Gasteiger partial charge >= 0.3 is 0 Å². The Morgan fingerprint density at radius 2 is 1.85 bits per heavy atom. The van der Waals surface area contributed by atoms with Crippen LogP contribution in [0.3, 0.4) is 0 Å². The van der Waals surface area contributed by atoms with Crippen LogP contribution in [-0.2, 0) is 6.54 Å². The smallest absolute Gasteiger partial charge is 0.269 e. The van der Waals surface area contributed by atoms with Crippen LogP contribution < -0.4 is 10.6 Å². The number of piperidine rings is 1. The Labute approximate surface area is 162 Å². The first-order chi connectivity index (χ1) is 12.8. The fraction of sp³-hybridized carbons (Fsp3) is 0.650. The molecule has 0 bridgehead atoms. The van der Waals surface area contributed by atoms with Gasteiger partial charge in [-0.3, -0.25) is 10.1 Å². The molecule has 7 heteroatoms. The molecule has 1 fully saturated rings. The van der Waals surface area contributed by atoms with E-state index in [1.165, 1.54) is 12.1 Å². The summed E-state index contributed by atoms with van der Waals surface area (Å²) >= 11 is 0. The van der Waals surface area contributed by atoms with Crippen LogP contribution >= 0.6 is 0 Å². The van der Waals surface area contributed by atoms with Crippen molar-refractivity contribution in [2.24, 2.45) is 10.9 Å². The quantitative estimate of drug-likeness (QED) is 0.331. The minimum Gasteiger partial charge on any atom is -0.356 e. The predicted octanol–water partition coefficient (Wildman–Crippen LogP) is 3.16. The maximum Gasteiger partial charge on any atom is 0.269 e. The molecule has 7 nitrogen and oxygen atoms in total. The van der Waals surface area contributed by atoms with Gasteiger partial charge in [-0.25, -0.2) is 4.99 Å². The lowest BCUT2D eigenvalue weighted by atomic mass is 10.0.